The number of halogens is 1. The van der Waals surface area contributed by atoms with E-state index in [1.807, 2.05) is 49.4 Å². The van der Waals surface area contributed by atoms with Gasteiger partial charge in [0.25, 0.3) is 0 Å². The molecule has 2 nitrogen and oxygen atoms in total. The first-order chi connectivity index (χ1) is 9.65. The van der Waals surface area contributed by atoms with E-state index in [1.54, 1.807) is 0 Å². The van der Waals surface area contributed by atoms with Crippen LogP contribution in [0, 0.1) is 6.92 Å². The summed E-state index contributed by atoms with van der Waals surface area (Å²) < 4.78 is 6.80. The molecule has 2 aromatic carbocycles. The lowest BCUT2D eigenvalue weighted by molar-refractivity contribution is 0.218. The van der Waals surface area contributed by atoms with Crippen molar-refractivity contribution in [1.29, 1.82) is 0 Å². The van der Waals surface area contributed by atoms with Gasteiger partial charge in [0.05, 0.1) is 6.10 Å². The molecule has 0 radical (unpaired) electrons. The number of hydrogen-bond acceptors (Lipinski definition) is 2. The zero-order valence-corrected chi connectivity index (χ0v) is 12.9. The number of rotatable bonds is 4. The van der Waals surface area contributed by atoms with Crippen LogP contribution in [0.5, 0.6) is 5.75 Å². The van der Waals surface area contributed by atoms with Crippen molar-refractivity contribution < 1.29 is 9.84 Å². The van der Waals surface area contributed by atoms with Crippen molar-refractivity contribution in [3.05, 3.63) is 63.6 Å². The molecule has 1 aliphatic rings. The van der Waals surface area contributed by atoms with E-state index in [0.29, 0.717) is 6.10 Å². The van der Waals surface area contributed by atoms with Gasteiger partial charge >= 0.3 is 0 Å². The fraction of sp³-hybridized carbons (Fsp3) is 0.294. The van der Waals surface area contributed by atoms with Gasteiger partial charge in [-0.3, -0.25) is 0 Å². The molecule has 0 amide bonds. The van der Waals surface area contributed by atoms with E-state index in [1.165, 1.54) is 0 Å². The van der Waals surface area contributed by atoms with Gasteiger partial charge in [0, 0.05) is 4.47 Å². The van der Waals surface area contributed by atoms with Crippen LogP contribution in [0.1, 0.15) is 35.6 Å². The number of hydrogen-bond donors (Lipinski definition) is 1. The highest BCUT2D eigenvalue weighted by atomic mass is 79.9. The largest absolute Gasteiger partial charge is 0.490 e. The topological polar surface area (TPSA) is 29.5 Å². The zero-order valence-electron chi connectivity index (χ0n) is 11.3. The second kappa shape index (κ2) is 5.58. The van der Waals surface area contributed by atoms with E-state index >= 15 is 0 Å². The molecule has 0 aliphatic heterocycles. The maximum Gasteiger partial charge on any atom is 0.120 e. The molecule has 0 spiro atoms. The van der Waals surface area contributed by atoms with Crippen LogP contribution >= 0.6 is 15.9 Å². The smallest absolute Gasteiger partial charge is 0.120 e. The highest BCUT2D eigenvalue weighted by Gasteiger charge is 2.24. The number of benzene rings is 2. The van der Waals surface area contributed by atoms with E-state index < -0.39 is 6.10 Å². The summed E-state index contributed by atoms with van der Waals surface area (Å²) >= 11 is 3.51. The van der Waals surface area contributed by atoms with Crippen molar-refractivity contribution >= 4 is 15.9 Å². The predicted octanol–water partition coefficient (Wildman–Crippen LogP) is 4.38. The SMILES string of the molecule is Cc1c(Br)cccc1C(O)c1cccc(OC2CC2)c1. The summed E-state index contributed by atoms with van der Waals surface area (Å²) in [5, 5.41) is 10.6. The molecule has 0 aromatic heterocycles. The zero-order chi connectivity index (χ0) is 14.1. The van der Waals surface area contributed by atoms with Gasteiger partial charge < -0.3 is 9.84 Å². The molecule has 1 N–H and O–H groups in total. The standard InChI is InChI=1S/C17H17BrO2/c1-11-15(6-3-7-16(11)18)17(19)12-4-2-5-14(10-12)20-13-8-9-13/h2-7,10,13,17,19H,8-9H2,1H3. The summed E-state index contributed by atoms with van der Waals surface area (Å²) in [5.41, 5.74) is 2.85. The molecule has 3 rings (SSSR count). The predicted molar refractivity (Wildman–Crippen MR) is 83.0 cm³/mol. The maximum absolute atomic E-state index is 10.6. The van der Waals surface area contributed by atoms with Crippen molar-refractivity contribution in [2.75, 3.05) is 0 Å². The fourth-order valence-electron chi connectivity index (χ4n) is 2.24. The van der Waals surface area contributed by atoms with Gasteiger partial charge in [-0.25, -0.2) is 0 Å². The summed E-state index contributed by atoms with van der Waals surface area (Å²) in [4.78, 5) is 0. The quantitative estimate of drug-likeness (QED) is 0.900. The van der Waals surface area contributed by atoms with Crippen LogP contribution in [-0.4, -0.2) is 11.2 Å². The summed E-state index contributed by atoms with van der Waals surface area (Å²) in [6.07, 6.45) is 2.01. The lowest BCUT2D eigenvalue weighted by atomic mass is 9.97. The maximum atomic E-state index is 10.6. The molecule has 3 heteroatoms. The Morgan fingerprint density at radius 3 is 2.70 bits per heavy atom. The molecule has 20 heavy (non-hydrogen) atoms. The molecule has 0 bridgehead atoms. The molecule has 0 saturated heterocycles. The monoisotopic (exact) mass is 332 g/mol. The molecular formula is C17H17BrO2. The van der Waals surface area contributed by atoms with Gasteiger partial charge in [-0.15, -0.1) is 0 Å². The number of ether oxygens (including phenoxy) is 1. The molecule has 1 aliphatic carbocycles. The third-order valence-corrected chi connectivity index (χ3v) is 4.46. The minimum atomic E-state index is -0.629. The summed E-state index contributed by atoms with van der Waals surface area (Å²) in [6.45, 7) is 2.01. The Morgan fingerprint density at radius 2 is 1.95 bits per heavy atom. The summed E-state index contributed by atoms with van der Waals surface area (Å²) in [6, 6.07) is 13.6. The Balaban J connectivity index is 1.89. The summed E-state index contributed by atoms with van der Waals surface area (Å²) in [7, 11) is 0. The first-order valence-electron chi connectivity index (χ1n) is 6.85. The van der Waals surface area contributed by atoms with Crippen molar-refractivity contribution in [2.24, 2.45) is 0 Å². The number of aliphatic hydroxyl groups excluding tert-OH is 1. The second-order valence-corrected chi connectivity index (χ2v) is 6.10. The molecule has 1 saturated carbocycles. The Hall–Kier alpha value is -1.32. The van der Waals surface area contributed by atoms with Crippen molar-refractivity contribution in [3.63, 3.8) is 0 Å². The van der Waals surface area contributed by atoms with E-state index in [-0.39, 0.29) is 0 Å². The van der Waals surface area contributed by atoms with Crippen LogP contribution in [0.3, 0.4) is 0 Å². The van der Waals surface area contributed by atoms with Crippen LogP contribution in [0.4, 0.5) is 0 Å². The van der Waals surface area contributed by atoms with Gasteiger partial charge in [0.15, 0.2) is 0 Å². The molecule has 0 heterocycles. The average molecular weight is 333 g/mol. The molecule has 1 unspecified atom stereocenters. The minimum Gasteiger partial charge on any atom is -0.490 e. The third-order valence-electron chi connectivity index (χ3n) is 3.61. The van der Waals surface area contributed by atoms with Crippen LogP contribution in [0.2, 0.25) is 0 Å². The molecule has 2 aromatic rings. The van der Waals surface area contributed by atoms with E-state index in [9.17, 15) is 5.11 Å². The van der Waals surface area contributed by atoms with E-state index in [4.69, 9.17) is 4.74 Å². The molecule has 1 atom stereocenters. The summed E-state index contributed by atoms with van der Waals surface area (Å²) in [5.74, 6) is 0.844. The van der Waals surface area contributed by atoms with Gasteiger partial charge in [-0.05, 0) is 54.7 Å². The molecule has 104 valence electrons. The van der Waals surface area contributed by atoms with E-state index in [2.05, 4.69) is 15.9 Å². The normalized spacial score (nSPS) is 15.9. The third kappa shape index (κ3) is 2.89. The van der Waals surface area contributed by atoms with Crippen molar-refractivity contribution in [1.82, 2.24) is 0 Å². The van der Waals surface area contributed by atoms with Gasteiger partial charge in [-0.2, -0.15) is 0 Å². The lowest BCUT2D eigenvalue weighted by Crippen LogP contribution is -2.03. The average Bonchev–Trinajstić information content (AvgIpc) is 3.25. The first-order valence-corrected chi connectivity index (χ1v) is 7.64. The molecular weight excluding hydrogens is 316 g/mol. The van der Waals surface area contributed by atoms with Crippen LogP contribution in [0.15, 0.2) is 46.9 Å². The Labute approximate surface area is 127 Å². The fourth-order valence-corrected chi connectivity index (χ4v) is 2.62. The lowest BCUT2D eigenvalue weighted by Gasteiger charge is -2.16. The minimum absolute atomic E-state index is 0.370. The highest BCUT2D eigenvalue weighted by molar-refractivity contribution is 9.10. The van der Waals surface area contributed by atoms with Crippen LogP contribution in [0.25, 0.3) is 0 Å². The van der Waals surface area contributed by atoms with Crippen LogP contribution in [-0.2, 0) is 0 Å². The second-order valence-electron chi connectivity index (χ2n) is 5.25. The Kier molecular flexibility index (Phi) is 3.81. The molecule has 1 fully saturated rings. The number of aliphatic hydroxyl groups is 1. The first kappa shape index (κ1) is 13.7. The highest BCUT2D eigenvalue weighted by Crippen LogP contribution is 2.32. The van der Waals surface area contributed by atoms with E-state index in [0.717, 1.165) is 39.8 Å². The van der Waals surface area contributed by atoms with Gasteiger partial charge in [0.1, 0.15) is 11.9 Å². The Bertz CT molecular complexity index is 620. The Morgan fingerprint density at radius 1 is 1.20 bits per heavy atom. The van der Waals surface area contributed by atoms with Gasteiger partial charge in [0.2, 0.25) is 0 Å². The van der Waals surface area contributed by atoms with Crippen LogP contribution < -0.4 is 4.74 Å². The van der Waals surface area contributed by atoms with Crippen molar-refractivity contribution in [2.45, 2.75) is 32.0 Å². The van der Waals surface area contributed by atoms with Gasteiger partial charge in [-0.1, -0.05) is 40.2 Å². The van der Waals surface area contributed by atoms with Crippen molar-refractivity contribution in [3.8, 4) is 5.75 Å².